The number of rotatable bonds is 4. The van der Waals surface area contributed by atoms with Crippen molar-refractivity contribution in [1.82, 2.24) is 10.6 Å². The lowest BCUT2D eigenvalue weighted by atomic mass is 10.1. The molecule has 5 heteroatoms. The fraction of sp³-hybridized carbons (Fsp3) is 0.500. The molecule has 0 aromatic heterocycles. The SMILES string of the molecule is Cc1ccccc1CNC(=O)[C@@H](C)NC(=O)OC(C)(C)C. The molecule has 0 aliphatic rings. The van der Waals surface area contributed by atoms with Crippen LogP contribution >= 0.6 is 0 Å². The van der Waals surface area contributed by atoms with Crippen LogP contribution in [0.5, 0.6) is 0 Å². The number of benzene rings is 1. The van der Waals surface area contributed by atoms with Crippen molar-refractivity contribution in [1.29, 1.82) is 0 Å². The van der Waals surface area contributed by atoms with Gasteiger partial charge in [0.15, 0.2) is 0 Å². The number of amides is 2. The summed E-state index contributed by atoms with van der Waals surface area (Å²) < 4.78 is 5.11. The zero-order chi connectivity index (χ0) is 16.0. The molecule has 0 bridgehead atoms. The number of hydrogen-bond donors (Lipinski definition) is 2. The summed E-state index contributed by atoms with van der Waals surface area (Å²) in [7, 11) is 0. The molecule has 5 nitrogen and oxygen atoms in total. The highest BCUT2D eigenvalue weighted by atomic mass is 16.6. The molecule has 116 valence electrons. The third kappa shape index (κ3) is 6.29. The molecule has 2 N–H and O–H groups in total. The lowest BCUT2D eigenvalue weighted by molar-refractivity contribution is -0.122. The van der Waals surface area contributed by atoms with E-state index in [2.05, 4.69) is 10.6 Å². The van der Waals surface area contributed by atoms with E-state index in [0.29, 0.717) is 6.54 Å². The molecule has 0 unspecified atom stereocenters. The van der Waals surface area contributed by atoms with Crippen molar-refractivity contribution in [2.75, 3.05) is 0 Å². The minimum absolute atomic E-state index is 0.246. The van der Waals surface area contributed by atoms with Crippen LogP contribution in [0.15, 0.2) is 24.3 Å². The average Bonchev–Trinajstić information content (AvgIpc) is 2.34. The predicted molar refractivity (Wildman–Crippen MR) is 81.9 cm³/mol. The smallest absolute Gasteiger partial charge is 0.408 e. The van der Waals surface area contributed by atoms with Crippen LogP contribution in [0.25, 0.3) is 0 Å². The summed E-state index contributed by atoms with van der Waals surface area (Å²) in [5.41, 5.74) is 1.59. The molecular formula is C16H24N2O3. The van der Waals surface area contributed by atoms with Crippen LogP contribution in [0.2, 0.25) is 0 Å². The summed E-state index contributed by atoms with van der Waals surface area (Å²) >= 11 is 0. The number of hydrogen-bond acceptors (Lipinski definition) is 3. The molecule has 0 radical (unpaired) electrons. The van der Waals surface area contributed by atoms with Gasteiger partial charge in [-0.3, -0.25) is 4.79 Å². The average molecular weight is 292 g/mol. The van der Waals surface area contributed by atoms with Gasteiger partial charge in [-0.05, 0) is 45.7 Å². The molecule has 0 heterocycles. The van der Waals surface area contributed by atoms with Gasteiger partial charge < -0.3 is 15.4 Å². The Morgan fingerprint density at radius 1 is 1.24 bits per heavy atom. The number of nitrogens with one attached hydrogen (secondary N) is 2. The van der Waals surface area contributed by atoms with Crippen LogP contribution in [-0.2, 0) is 16.1 Å². The van der Waals surface area contributed by atoms with Crippen LogP contribution in [0.4, 0.5) is 4.79 Å². The third-order valence-corrected chi connectivity index (χ3v) is 2.84. The highest BCUT2D eigenvalue weighted by Crippen LogP contribution is 2.07. The van der Waals surface area contributed by atoms with Gasteiger partial charge in [0, 0.05) is 6.54 Å². The Morgan fingerprint density at radius 3 is 2.43 bits per heavy atom. The molecule has 0 saturated carbocycles. The van der Waals surface area contributed by atoms with Gasteiger partial charge in [0.25, 0.3) is 0 Å². The van der Waals surface area contributed by atoms with Gasteiger partial charge in [0.2, 0.25) is 5.91 Å². The number of carbonyl (C=O) groups excluding carboxylic acids is 2. The van der Waals surface area contributed by atoms with E-state index in [0.717, 1.165) is 11.1 Å². The fourth-order valence-electron chi connectivity index (χ4n) is 1.69. The van der Waals surface area contributed by atoms with Crippen molar-refractivity contribution in [3.05, 3.63) is 35.4 Å². The fourth-order valence-corrected chi connectivity index (χ4v) is 1.69. The zero-order valence-electron chi connectivity index (χ0n) is 13.3. The quantitative estimate of drug-likeness (QED) is 0.896. The number of alkyl carbamates (subject to hydrolysis) is 1. The van der Waals surface area contributed by atoms with Gasteiger partial charge in [-0.15, -0.1) is 0 Å². The van der Waals surface area contributed by atoms with E-state index in [1.54, 1.807) is 27.7 Å². The summed E-state index contributed by atoms with van der Waals surface area (Å²) in [6, 6.07) is 7.18. The standard InChI is InChI=1S/C16H24N2O3/c1-11-8-6-7-9-13(11)10-17-14(19)12(2)18-15(20)21-16(3,4)5/h6-9,12H,10H2,1-5H3,(H,17,19)(H,18,20)/t12-/m1/s1. The maximum Gasteiger partial charge on any atom is 0.408 e. The Bertz CT molecular complexity index is 506. The summed E-state index contributed by atoms with van der Waals surface area (Å²) in [6.07, 6.45) is -0.596. The first-order valence-electron chi connectivity index (χ1n) is 7.01. The number of aryl methyl sites for hydroxylation is 1. The van der Waals surface area contributed by atoms with Crippen molar-refractivity contribution in [3.63, 3.8) is 0 Å². The first-order chi connectivity index (χ1) is 9.69. The van der Waals surface area contributed by atoms with E-state index < -0.39 is 17.7 Å². The minimum atomic E-state index is -0.649. The van der Waals surface area contributed by atoms with Crippen molar-refractivity contribution >= 4 is 12.0 Å². The Kier molecular flexibility index (Phi) is 5.76. The summed E-state index contributed by atoms with van der Waals surface area (Å²) in [6.45, 7) is 9.37. The van der Waals surface area contributed by atoms with Crippen LogP contribution in [-0.4, -0.2) is 23.6 Å². The first-order valence-corrected chi connectivity index (χ1v) is 7.01. The number of carbonyl (C=O) groups is 2. The predicted octanol–water partition coefficient (Wildman–Crippen LogP) is 2.52. The molecule has 0 spiro atoms. The highest BCUT2D eigenvalue weighted by molar-refractivity contribution is 5.85. The second-order valence-electron chi connectivity index (χ2n) is 6.01. The topological polar surface area (TPSA) is 67.4 Å². The van der Waals surface area contributed by atoms with Gasteiger partial charge in [-0.25, -0.2) is 4.79 Å². The largest absolute Gasteiger partial charge is 0.444 e. The van der Waals surface area contributed by atoms with E-state index >= 15 is 0 Å². The molecule has 0 fully saturated rings. The Hall–Kier alpha value is -2.04. The maximum atomic E-state index is 11.9. The molecule has 2 amide bonds. The van der Waals surface area contributed by atoms with E-state index in [1.807, 2.05) is 31.2 Å². The number of ether oxygens (including phenoxy) is 1. The van der Waals surface area contributed by atoms with E-state index in [9.17, 15) is 9.59 Å². The Balaban J connectivity index is 2.45. The zero-order valence-corrected chi connectivity index (χ0v) is 13.3. The summed E-state index contributed by atoms with van der Waals surface area (Å²) in [5, 5.41) is 5.31. The molecule has 1 rings (SSSR count). The summed E-state index contributed by atoms with van der Waals surface area (Å²) in [4.78, 5) is 23.5. The highest BCUT2D eigenvalue weighted by Gasteiger charge is 2.20. The lowest BCUT2D eigenvalue weighted by Crippen LogP contribution is -2.46. The van der Waals surface area contributed by atoms with Crippen LogP contribution in [0.3, 0.4) is 0 Å². The molecule has 0 aliphatic heterocycles. The van der Waals surface area contributed by atoms with Crippen molar-refractivity contribution < 1.29 is 14.3 Å². The van der Waals surface area contributed by atoms with Crippen molar-refractivity contribution in [3.8, 4) is 0 Å². The second kappa shape index (κ2) is 7.11. The minimum Gasteiger partial charge on any atom is -0.444 e. The summed E-state index contributed by atoms with van der Waals surface area (Å²) in [5.74, 6) is -0.246. The molecular weight excluding hydrogens is 268 g/mol. The molecule has 1 atom stereocenters. The van der Waals surface area contributed by atoms with Crippen molar-refractivity contribution in [2.24, 2.45) is 0 Å². The maximum absolute atomic E-state index is 11.9. The normalized spacial score (nSPS) is 12.4. The molecule has 1 aromatic carbocycles. The monoisotopic (exact) mass is 292 g/mol. The van der Waals surface area contributed by atoms with Crippen LogP contribution in [0, 0.1) is 6.92 Å². The molecule has 0 aliphatic carbocycles. The molecule has 1 aromatic rings. The van der Waals surface area contributed by atoms with E-state index in [4.69, 9.17) is 4.74 Å². The van der Waals surface area contributed by atoms with E-state index in [1.165, 1.54) is 0 Å². The lowest BCUT2D eigenvalue weighted by Gasteiger charge is -2.21. The van der Waals surface area contributed by atoms with Crippen LogP contribution < -0.4 is 10.6 Å². The second-order valence-corrected chi connectivity index (χ2v) is 6.01. The first kappa shape index (κ1) is 17.0. The van der Waals surface area contributed by atoms with Gasteiger partial charge in [0.1, 0.15) is 11.6 Å². The van der Waals surface area contributed by atoms with Gasteiger partial charge in [0.05, 0.1) is 0 Å². The van der Waals surface area contributed by atoms with Gasteiger partial charge >= 0.3 is 6.09 Å². The molecule has 0 saturated heterocycles. The molecule has 21 heavy (non-hydrogen) atoms. The van der Waals surface area contributed by atoms with Crippen molar-refractivity contribution in [2.45, 2.75) is 52.8 Å². The van der Waals surface area contributed by atoms with Crippen LogP contribution in [0.1, 0.15) is 38.8 Å². The van der Waals surface area contributed by atoms with E-state index in [-0.39, 0.29) is 5.91 Å². The Labute approximate surface area is 126 Å². The Morgan fingerprint density at radius 2 is 1.86 bits per heavy atom. The third-order valence-electron chi connectivity index (χ3n) is 2.84. The van der Waals surface area contributed by atoms with Gasteiger partial charge in [-0.2, -0.15) is 0 Å². The van der Waals surface area contributed by atoms with Gasteiger partial charge in [-0.1, -0.05) is 24.3 Å².